The fraction of sp³-hybridized carbons (Fsp3) is 0. The van der Waals surface area contributed by atoms with Crippen molar-refractivity contribution in [3.63, 3.8) is 0 Å². The Labute approximate surface area is 147 Å². The van der Waals surface area contributed by atoms with Crippen molar-refractivity contribution in [3.8, 4) is 0 Å². The molecule has 26 heavy (non-hydrogen) atoms. The molecular weight excluding hydrogens is 338 g/mol. The molecule has 3 N–H and O–H groups in total. The summed E-state index contributed by atoms with van der Waals surface area (Å²) in [6, 6.07) is 11.9. The smallest absolute Gasteiger partial charge is 0.334 e. The molecule has 1 amide bonds. The van der Waals surface area contributed by atoms with Crippen LogP contribution in [0.4, 0.5) is 23.0 Å². The van der Waals surface area contributed by atoms with Crippen molar-refractivity contribution in [2.24, 2.45) is 0 Å². The van der Waals surface area contributed by atoms with Gasteiger partial charge in [-0.25, -0.2) is 9.97 Å². The normalized spacial score (nSPS) is 10.0. The van der Waals surface area contributed by atoms with Gasteiger partial charge in [-0.1, -0.05) is 18.2 Å². The van der Waals surface area contributed by atoms with Crippen LogP contribution in [-0.4, -0.2) is 25.8 Å². The summed E-state index contributed by atoms with van der Waals surface area (Å²) < 4.78 is 0. The van der Waals surface area contributed by atoms with Crippen molar-refractivity contribution in [1.82, 2.24) is 20.4 Å². The average molecular weight is 351 g/mol. The number of aromatic nitrogens is 3. The number of pyridine rings is 1. The minimum atomic E-state index is -0.633. The maximum absolute atomic E-state index is 12.0. The fourth-order valence-electron chi connectivity index (χ4n) is 2.08. The first-order chi connectivity index (χ1) is 12.6. The molecule has 0 aliphatic carbocycles. The van der Waals surface area contributed by atoms with E-state index in [0.29, 0.717) is 11.3 Å². The number of carbonyl (C=O) groups is 1. The first kappa shape index (κ1) is 16.8. The zero-order chi connectivity index (χ0) is 18.4. The Balaban J connectivity index is 1.82. The Kier molecular flexibility index (Phi) is 4.94. The molecule has 10 nitrogen and oxygen atoms in total. The predicted molar refractivity (Wildman–Crippen MR) is 93.7 cm³/mol. The van der Waals surface area contributed by atoms with E-state index in [-0.39, 0.29) is 11.6 Å². The van der Waals surface area contributed by atoms with Gasteiger partial charge in [-0.2, -0.15) is 0 Å². The fourth-order valence-corrected chi connectivity index (χ4v) is 2.08. The van der Waals surface area contributed by atoms with Gasteiger partial charge in [-0.15, -0.1) is 0 Å². The molecule has 0 aliphatic heterocycles. The third-order valence-corrected chi connectivity index (χ3v) is 3.28. The monoisotopic (exact) mass is 351 g/mol. The van der Waals surface area contributed by atoms with Gasteiger partial charge in [0.25, 0.3) is 5.91 Å². The van der Waals surface area contributed by atoms with Crippen LogP contribution in [0.3, 0.4) is 0 Å². The lowest BCUT2D eigenvalue weighted by Crippen LogP contribution is -2.30. The molecule has 2 heterocycles. The van der Waals surface area contributed by atoms with E-state index in [0.717, 1.165) is 6.33 Å². The lowest BCUT2D eigenvalue weighted by atomic mass is 10.3. The Morgan fingerprint density at radius 3 is 2.38 bits per heavy atom. The van der Waals surface area contributed by atoms with Crippen LogP contribution in [0.15, 0.2) is 61.2 Å². The van der Waals surface area contributed by atoms with Crippen LogP contribution in [0.2, 0.25) is 0 Å². The molecule has 1 aromatic carbocycles. The van der Waals surface area contributed by atoms with E-state index >= 15 is 0 Å². The van der Waals surface area contributed by atoms with Crippen LogP contribution in [0.5, 0.6) is 0 Å². The molecule has 130 valence electrons. The Hall–Kier alpha value is -4.08. The molecule has 0 unspecified atom stereocenters. The van der Waals surface area contributed by atoms with Crippen molar-refractivity contribution in [2.45, 2.75) is 0 Å². The molecule has 0 atom stereocenters. The number of anilines is 3. The highest BCUT2D eigenvalue weighted by Gasteiger charge is 2.23. The van der Waals surface area contributed by atoms with Crippen LogP contribution in [0.25, 0.3) is 0 Å². The molecular formula is C16H13N7O3. The largest absolute Gasteiger partial charge is 0.355 e. The molecule has 0 saturated heterocycles. The van der Waals surface area contributed by atoms with Crippen LogP contribution in [-0.2, 0) is 0 Å². The number of hydrazine groups is 1. The van der Waals surface area contributed by atoms with Crippen LogP contribution >= 0.6 is 0 Å². The molecule has 0 radical (unpaired) electrons. The van der Waals surface area contributed by atoms with Gasteiger partial charge >= 0.3 is 5.69 Å². The van der Waals surface area contributed by atoms with Crippen molar-refractivity contribution in [3.05, 3.63) is 76.9 Å². The summed E-state index contributed by atoms with van der Waals surface area (Å²) in [5.41, 5.74) is 5.40. The molecule has 0 bridgehead atoms. The van der Waals surface area contributed by atoms with Gasteiger partial charge in [0.2, 0.25) is 11.6 Å². The summed E-state index contributed by atoms with van der Waals surface area (Å²) in [7, 11) is 0. The first-order valence-corrected chi connectivity index (χ1v) is 7.43. The van der Waals surface area contributed by atoms with Gasteiger partial charge in [0.1, 0.15) is 6.33 Å². The minimum absolute atomic E-state index is 0.00291. The highest BCUT2D eigenvalue weighted by Crippen LogP contribution is 2.30. The number of hydrogen-bond donors (Lipinski definition) is 3. The van der Waals surface area contributed by atoms with Gasteiger partial charge in [0.15, 0.2) is 0 Å². The maximum Gasteiger partial charge on any atom is 0.355 e. The first-order valence-electron chi connectivity index (χ1n) is 7.43. The van der Waals surface area contributed by atoms with Crippen molar-refractivity contribution < 1.29 is 9.72 Å². The number of para-hydroxylation sites is 1. The van der Waals surface area contributed by atoms with Crippen LogP contribution in [0, 0.1) is 10.1 Å². The quantitative estimate of drug-likeness (QED) is 0.455. The highest BCUT2D eigenvalue weighted by atomic mass is 16.6. The highest BCUT2D eigenvalue weighted by molar-refractivity contribution is 5.94. The van der Waals surface area contributed by atoms with E-state index in [1.54, 1.807) is 24.3 Å². The molecule has 0 fully saturated rings. The Morgan fingerprint density at radius 2 is 1.69 bits per heavy atom. The van der Waals surface area contributed by atoms with Crippen molar-refractivity contribution in [1.29, 1.82) is 0 Å². The molecule has 2 aromatic heterocycles. The number of nitro groups is 1. The number of amides is 1. The second-order valence-corrected chi connectivity index (χ2v) is 4.98. The van der Waals surface area contributed by atoms with Gasteiger partial charge in [-0.05, 0) is 24.3 Å². The molecule has 0 aliphatic rings. The van der Waals surface area contributed by atoms with Crippen LogP contribution < -0.4 is 16.2 Å². The van der Waals surface area contributed by atoms with Gasteiger partial charge < -0.3 is 5.32 Å². The third-order valence-electron chi connectivity index (χ3n) is 3.28. The number of nitrogens with one attached hydrogen (secondary N) is 3. The molecule has 3 aromatic rings. The van der Waals surface area contributed by atoms with E-state index < -0.39 is 16.5 Å². The number of nitrogens with zero attached hydrogens (tertiary/aromatic N) is 4. The molecule has 3 rings (SSSR count). The SMILES string of the molecule is O=C(NNc1ncnc(Nc2ccccc2)c1[N+](=O)[O-])c1ccncc1. The average Bonchev–Trinajstić information content (AvgIpc) is 2.67. The summed E-state index contributed by atoms with van der Waals surface area (Å²) in [6.07, 6.45) is 4.08. The maximum atomic E-state index is 12.0. The van der Waals surface area contributed by atoms with E-state index in [4.69, 9.17) is 0 Å². The predicted octanol–water partition coefficient (Wildman–Crippen LogP) is 2.28. The third kappa shape index (κ3) is 3.87. The topological polar surface area (TPSA) is 135 Å². The van der Waals surface area contributed by atoms with Gasteiger partial charge in [0.05, 0.1) is 4.92 Å². The van der Waals surface area contributed by atoms with Gasteiger partial charge in [-0.3, -0.25) is 30.7 Å². The molecule has 0 saturated carbocycles. The molecule has 10 heteroatoms. The van der Waals surface area contributed by atoms with E-state index in [1.165, 1.54) is 24.5 Å². The summed E-state index contributed by atoms with van der Waals surface area (Å²) in [5, 5.41) is 14.3. The lowest BCUT2D eigenvalue weighted by Gasteiger charge is -2.10. The molecule has 0 spiro atoms. The Bertz CT molecular complexity index is 920. The zero-order valence-corrected chi connectivity index (χ0v) is 13.3. The number of benzene rings is 1. The summed E-state index contributed by atoms with van der Waals surface area (Å²) in [4.78, 5) is 34.5. The van der Waals surface area contributed by atoms with E-state index in [9.17, 15) is 14.9 Å². The van der Waals surface area contributed by atoms with Crippen molar-refractivity contribution >= 4 is 28.9 Å². The number of rotatable bonds is 6. The summed E-state index contributed by atoms with van der Waals surface area (Å²) >= 11 is 0. The summed E-state index contributed by atoms with van der Waals surface area (Å²) in [6.45, 7) is 0. The Morgan fingerprint density at radius 1 is 1.00 bits per heavy atom. The number of hydrogen-bond acceptors (Lipinski definition) is 8. The lowest BCUT2D eigenvalue weighted by molar-refractivity contribution is -0.383. The standard InChI is InChI=1S/C16H13N7O3/c24-16(11-6-8-17-9-7-11)22-21-15-13(23(25)26)14(18-10-19-15)20-12-4-2-1-3-5-12/h1-10H,(H,22,24)(H2,18,19,20,21). The zero-order valence-electron chi connectivity index (χ0n) is 13.3. The second-order valence-electron chi connectivity index (χ2n) is 4.98. The van der Waals surface area contributed by atoms with E-state index in [2.05, 4.69) is 31.1 Å². The minimum Gasteiger partial charge on any atom is -0.334 e. The van der Waals surface area contributed by atoms with E-state index in [1.807, 2.05) is 6.07 Å². The second kappa shape index (κ2) is 7.66. The van der Waals surface area contributed by atoms with Crippen molar-refractivity contribution in [2.75, 3.05) is 10.7 Å². The van der Waals surface area contributed by atoms with Crippen LogP contribution in [0.1, 0.15) is 10.4 Å². The van der Waals surface area contributed by atoms with Gasteiger partial charge in [0, 0.05) is 23.6 Å². The summed E-state index contributed by atoms with van der Waals surface area (Å²) in [5.74, 6) is -0.638. The number of carbonyl (C=O) groups excluding carboxylic acids is 1.